The van der Waals surface area contributed by atoms with Gasteiger partial charge in [-0.05, 0) is 66.6 Å². The molecule has 0 saturated carbocycles. The van der Waals surface area contributed by atoms with E-state index in [1.165, 1.54) is 22.9 Å². The number of nitrogens with zero attached hydrogens (tertiary/aromatic N) is 2. The summed E-state index contributed by atoms with van der Waals surface area (Å²) in [7, 11) is 0. The summed E-state index contributed by atoms with van der Waals surface area (Å²) in [5.74, 6) is -0.128. The van der Waals surface area contributed by atoms with Crippen LogP contribution in [0.5, 0.6) is 0 Å². The highest BCUT2D eigenvalue weighted by Gasteiger charge is 2.23. The van der Waals surface area contributed by atoms with Crippen molar-refractivity contribution in [3.8, 4) is 0 Å². The van der Waals surface area contributed by atoms with Gasteiger partial charge >= 0.3 is 0 Å². The first-order valence-electron chi connectivity index (χ1n) is 6.89. The van der Waals surface area contributed by atoms with Gasteiger partial charge in [0.1, 0.15) is 0 Å². The van der Waals surface area contributed by atoms with Gasteiger partial charge in [-0.15, -0.1) is 0 Å². The fourth-order valence-electron chi connectivity index (χ4n) is 2.01. The Morgan fingerprint density at radius 2 is 2.09 bits per heavy atom. The van der Waals surface area contributed by atoms with Crippen molar-refractivity contribution in [2.45, 2.75) is 13.8 Å². The molecule has 1 N–H and O–H groups in total. The first-order valence-corrected chi connectivity index (χ1v) is 7.70. The zero-order chi connectivity index (χ0) is 15.5. The van der Waals surface area contributed by atoms with E-state index in [0.29, 0.717) is 10.1 Å². The molecule has 1 aliphatic rings. The van der Waals surface area contributed by atoms with Gasteiger partial charge in [-0.25, -0.2) is 4.99 Å². The Balaban J connectivity index is 1.83. The van der Waals surface area contributed by atoms with Crippen molar-refractivity contribution in [1.29, 1.82) is 0 Å². The van der Waals surface area contributed by atoms with E-state index in [-0.39, 0.29) is 5.91 Å². The fraction of sp³-hybridized carbons (Fsp3) is 0.118. The average molecular weight is 309 g/mol. The van der Waals surface area contributed by atoms with Crippen LogP contribution in [0, 0.1) is 13.8 Å². The molecule has 1 aromatic carbocycles. The topological polar surface area (TPSA) is 54.4 Å². The number of amidine groups is 1. The highest BCUT2D eigenvalue weighted by molar-refractivity contribution is 8.18. The molecule has 2 aromatic rings. The van der Waals surface area contributed by atoms with Crippen LogP contribution in [0.15, 0.2) is 52.6 Å². The lowest BCUT2D eigenvalue weighted by atomic mass is 10.1. The Labute approximate surface area is 133 Å². The summed E-state index contributed by atoms with van der Waals surface area (Å²) in [4.78, 5) is 21.2. The van der Waals surface area contributed by atoms with Gasteiger partial charge in [-0.1, -0.05) is 12.1 Å². The van der Waals surface area contributed by atoms with Gasteiger partial charge in [0.15, 0.2) is 5.17 Å². The third kappa shape index (κ3) is 3.26. The van der Waals surface area contributed by atoms with Crippen molar-refractivity contribution in [3.05, 3.63) is 64.3 Å². The SMILES string of the molecule is Cc1ccc(N=C2NC(=O)/C(=C\c3cccnc3)S2)cc1C. The summed E-state index contributed by atoms with van der Waals surface area (Å²) >= 11 is 1.34. The number of carbonyl (C=O) groups is 1. The summed E-state index contributed by atoms with van der Waals surface area (Å²) in [6, 6.07) is 9.74. The van der Waals surface area contributed by atoms with E-state index in [0.717, 1.165) is 11.3 Å². The van der Waals surface area contributed by atoms with Crippen molar-refractivity contribution in [2.24, 2.45) is 4.99 Å². The van der Waals surface area contributed by atoms with Crippen molar-refractivity contribution in [2.75, 3.05) is 0 Å². The van der Waals surface area contributed by atoms with E-state index in [1.54, 1.807) is 12.4 Å². The van der Waals surface area contributed by atoms with Crippen LogP contribution >= 0.6 is 11.8 Å². The van der Waals surface area contributed by atoms with Crippen LogP contribution in [0.4, 0.5) is 5.69 Å². The molecule has 1 aliphatic heterocycles. The lowest BCUT2D eigenvalue weighted by molar-refractivity contribution is -0.115. The Kier molecular flexibility index (Phi) is 4.06. The van der Waals surface area contributed by atoms with Crippen molar-refractivity contribution in [3.63, 3.8) is 0 Å². The van der Waals surface area contributed by atoms with E-state index in [4.69, 9.17) is 0 Å². The van der Waals surface area contributed by atoms with Gasteiger partial charge in [-0.2, -0.15) is 0 Å². The molecule has 110 valence electrons. The van der Waals surface area contributed by atoms with Gasteiger partial charge in [0.25, 0.3) is 5.91 Å². The molecule has 1 amide bonds. The van der Waals surface area contributed by atoms with E-state index < -0.39 is 0 Å². The quantitative estimate of drug-likeness (QED) is 0.863. The van der Waals surface area contributed by atoms with Crippen LogP contribution in [0.2, 0.25) is 0 Å². The van der Waals surface area contributed by atoms with Crippen LogP contribution in [-0.2, 0) is 4.79 Å². The molecular formula is C17H15N3OS. The van der Waals surface area contributed by atoms with E-state index >= 15 is 0 Å². The number of rotatable bonds is 2. The summed E-state index contributed by atoms with van der Waals surface area (Å²) in [5, 5.41) is 3.39. The maximum absolute atomic E-state index is 12.0. The third-order valence-corrected chi connectivity index (χ3v) is 4.26. The van der Waals surface area contributed by atoms with Gasteiger partial charge in [0.2, 0.25) is 0 Å². The molecule has 0 spiro atoms. The van der Waals surface area contributed by atoms with Crippen LogP contribution in [0.25, 0.3) is 6.08 Å². The van der Waals surface area contributed by atoms with Gasteiger partial charge in [-0.3, -0.25) is 9.78 Å². The van der Waals surface area contributed by atoms with Crippen LogP contribution in [0.3, 0.4) is 0 Å². The number of nitrogens with one attached hydrogen (secondary N) is 1. The Morgan fingerprint density at radius 1 is 1.23 bits per heavy atom. The highest BCUT2D eigenvalue weighted by atomic mass is 32.2. The number of hydrogen-bond donors (Lipinski definition) is 1. The second kappa shape index (κ2) is 6.15. The largest absolute Gasteiger partial charge is 0.300 e. The average Bonchev–Trinajstić information content (AvgIpc) is 2.84. The Bertz CT molecular complexity index is 782. The first-order chi connectivity index (χ1) is 10.6. The van der Waals surface area contributed by atoms with Crippen molar-refractivity contribution < 1.29 is 4.79 Å². The molecule has 1 saturated heterocycles. The maximum Gasteiger partial charge on any atom is 0.264 e. The second-order valence-corrected chi connectivity index (χ2v) is 6.07. The van der Waals surface area contributed by atoms with Crippen molar-refractivity contribution >= 4 is 34.6 Å². The summed E-state index contributed by atoms with van der Waals surface area (Å²) < 4.78 is 0. The Hall–Kier alpha value is -2.40. The molecule has 4 nitrogen and oxygen atoms in total. The Morgan fingerprint density at radius 3 is 2.82 bits per heavy atom. The molecule has 3 rings (SSSR count). The lowest BCUT2D eigenvalue weighted by Gasteiger charge is -2.01. The molecule has 0 atom stereocenters. The van der Waals surface area contributed by atoms with Gasteiger partial charge in [0, 0.05) is 12.4 Å². The number of benzene rings is 1. The highest BCUT2D eigenvalue weighted by Crippen LogP contribution is 2.28. The summed E-state index contributed by atoms with van der Waals surface area (Å²) in [6.07, 6.45) is 5.24. The van der Waals surface area contributed by atoms with Crippen LogP contribution < -0.4 is 5.32 Å². The number of carbonyl (C=O) groups excluding carboxylic acids is 1. The summed E-state index contributed by atoms with van der Waals surface area (Å²) in [5.41, 5.74) is 4.15. The second-order valence-electron chi connectivity index (χ2n) is 5.04. The molecule has 2 heterocycles. The number of thioether (sulfide) groups is 1. The minimum atomic E-state index is -0.128. The number of aliphatic imine (C=N–C) groups is 1. The molecule has 5 heteroatoms. The number of pyridine rings is 1. The predicted molar refractivity (Wildman–Crippen MR) is 91.0 cm³/mol. The third-order valence-electron chi connectivity index (χ3n) is 3.35. The van der Waals surface area contributed by atoms with Crippen LogP contribution in [0.1, 0.15) is 16.7 Å². The fourth-order valence-corrected chi connectivity index (χ4v) is 2.85. The molecular weight excluding hydrogens is 294 g/mol. The number of amides is 1. The number of aromatic nitrogens is 1. The minimum Gasteiger partial charge on any atom is -0.300 e. The van der Waals surface area contributed by atoms with E-state index in [2.05, 4.69) is 22.2 Å². The van der Waals surface area contributed by atoms with Crippen molar-refractivity contribution in [1.82, 2.24) is 10.3 Å². The normalized spacial score (nSPS) is 18.0. The number of aryl methyl sites for hydroxylation is 2. The predicted octanol–water partition coefficient (Wildman–Crippen LogP) is 3.59. The maximum atomic E-state index is 12.0. The van der Waals surface area contributed by atoms with E-state index in [9.17, 15) is 4.79 Å². The first kappa shape index (κ1) is 14.5. The molecule has 0 bridgehead atoms. The molecule has 0 radical (unpaired) electrons. The summed E-state index contributed by atoms with van der Waals surface area (Å²) in [6.45, 7) is 4.11. The zero-order valence-corrected chi connectivity index (χ0v) is 13.1. The standard InChI is InChI=1S/C17H15N3OS/c1-11-5-6-14(8-12(11)2)19-17-20-16(21)15(22-17)9-13-4-3-7-18-10-13/h3-10H,1-2H3,(H,19,20,21)/b15-9+. The van der Waals surface area contributed by atoms with Gasteiger partial charge in [0.05, 0.1) is 10.6 Å². The van der Waals surface area contributed by atoms with E-state index in [1.807, 2.05) is 43.3 Å². The molecule has 22 heavy (non-hydrogen) atoms. The lowest BCUT2D eigenvalue weighted by Crippen LogP contribution is -2.19. The zero-order valence-electron chi connectivity index (χ0n) is 12.3. The molecule has 1 aromatic heterocycles. The smallest absolute Gasteiger partial charge is 0.264 e. The monoisotopic (exact) mass is 309 g/mol. The molecule has 1 fully saturated rings. The minimum absolute atomic E-state index is 0.128. The number of hydrogen-bond acceptors (Lipinski definition) is 4. The molecule has 0 unspecified atom stereocenters. The molecule has 0 aliphatic carbocycles. The van der Waals surface area contributed by atoms with Crippen LogP contribution in [-0.4, -0.2) is 16.1 Å². The van der Waals surface area contributed by atoms with Gasteiger partial charge < -0.3 is 5.32 Å².